The van der Waals surface area contributed by atoms with Gasteiger partial charge in [0.05, 0.1) is 19.3 Å². The highest BCUT2D eigenvalue weighted by molar-refractivity contribution is 7.56. The molecule has 0 unspecified atom stereocenters. The van der Waals surface area contributed by atoms with Gasteiger partial charge in [0.15, 0.2) is 5.16 Å². The van der Waals surface area contributed by atoms with E-state index in [0.29, 0.717) is 6.29 Å². The molecule has 0 N–H and O–H groups in total. The van der Waals surface area contributed by atoms with Crippen molar-refractivity contribution in [3.63, 3.8) is 0 Å². The van der Waals surface area contributed by atoms with Gasteiger partial charge in [0.25, 0.3) is 0 Å². The van der Waals surface area contributed by atoms with Crippen molar-refractivity contribution >= 4 is 13.9 Å². The van der Waals surface area contributed by atoms with Crippen molar-refractivity contribution in [3.05, 3.63) is 0 Å². The number of hydrogen-bond donors (Lipinski definition) is 0. The van der Waals surface area contributed by atoms with Gasteiger partial charge >= 0.3 is 7.60 Å². The van der Waals surface area contributed by atoms with E-state index in [-0.39, 0.29) is 26.1 Å². The highest BCUT2D eigenvalue weighted by Gasteiger charge is 2.47. The first kappa shape index (κ1) is 15.3. The van der Waals surface area contributed by atoms with Crippen LogP contribution in [0.5, 0.6) is 0 Å². The maximum absolute atomic E-state index is 12.4. The first-order chi connectivity index (χ1) is 7.49. The lowest BCUT2D eigenvalue weighted by Gasteiger charge is -2.29. The molecule has 0 fully saturated rings. The average molecular weight is 247 g/mol. The van der Waals surface area contributed by atoms with Crippen molar-refractivity contribution in [1.82, 2.24) is 0 Å². The molecule has 0 aromatic heterocycles. The molecular weight excluding hydrogens is 229 g/mol. The van der Waals surface area contributed by atoms with Crippen LogP contribution in [-0.4, -0.2) is 24.7 Å². The van der Waals surface area contributed by atoms with E-state index >= 15 is 0 Å². The highest BCUT2D eigenvalue weighted by atomic mass is 31.2. The average Bonchev–Trinajstić information content (AvgIpc) is 2.26. The van der Waals surface area contributed by atoms with Gasteiger partial charge in [0.1, 0.15) is 6.29 Å². The quantitative estimate of drug-likeness (QED) is 0.486. The number of carbonyl (C=O) groups is 1. The second-order valence-electron chi connectivity index (χ2n) is 3.42. The molecule has 5 nitrogen and oxygen atoms in total. The van der Waals surface area contributed by atoms with Gasteiger partial charge in [-0.2, -0.15) is 5.26 Å². The van der Waals surface area contributed by atoms with Gasteiger partial charge in [0, 0.05) is 6.42 Å². The molecule has 0 aromatic carbocycles. The molecule has 0 aliphatic heterocycles. The van der Waals surface area contributed by atoms with Crippen LogP contribution in [0.15, 0.2) is 0 Å². The van der Waals surface area contributed by atoms with E-state index in [0.717, 1.165) is 0 Å². The second-order valence-corrected chi connectivity index (χ2v) is 5.92. The lowest BCUT2D eigenvalue weighted by atomic mass is 10.1. The standard InChI is InChI=1S/C10H18NO4P/c1-4-14-16(13,15-5-2)10(3,9-11)7-6-8-12/h8H,4-7H2,1-3H3/t10-/m0/s1. The molecule has 0 saturated heterocycles. The van der Waals surface area contributed by atoms with E-state index in [1.54, 1.807) is 13.8 Å². The summed E-state index contributed by atoms with van der Waals surface area (Å²) in [5, 5.41) is 7.84. The SMILES string of the molecule is CCOP(=O)(OCC)[C@](C)(C#N)CCC=O. The number of rotatable bonds is 8. The Kier molecular flexibility index (Phi) is 6.51. The van der Waals surface area contributed by atoms with E-state index in [4.69, 9.17) is 14.3 Å². The number of nitriles is 1. The van der Waals surface area contributed by atoms with Crippen molar-refractivity contribution in [2.45, 2.75) is 38.8 Å². The van der Waals surface area contributed by atoms with Crippen LogP contribution in [0.2, 0.25) is 0 Å². The van der Waals surface area contributed by atoms with E-state index < -0.39 is 12.8 Å². The third-order valence-electron chi connectivity index (χ3n) is 2.19. The molecule has 0 aliphatic carbocycles. The zero-order valence-electron chi connectivity index (χ0n) is 9.93. The number of nitrogens with zero attached hydrogens (tertiary/aromatic N) is 1. The van der Waals surface area contributed by atoms with E-state index in [9.17, 15) is 9.36 Å². The fourth-order valence-corrected chi connectivity index (χ4v) is 3.11. The molecule has 0 aromatic rings. The maximum Gasteiger partial charge on any atom is 0.350 e. The number of aldehydes is 1. The summed E-state index contributed by atoms with van der Waals surface area (Å²) in [6.45, 7) is 5.28. The minimum atomic E-state index is -3.49. The predicted octanol–water partition coefficient (Wildman–Crippen LogP) is 2.51. The van der Waals surface area contributed by atoms with Crippen molar-refractivity contribution in [3.8, 4) is 6.07 Å². The summed E-state index contributed by atoms with van der Waals surface area (Å²) in [6, 6.07) is 1.95. The molecule has 1 atom stereocenters. The van der Waals surface area contributed by atoms with Gasteiger partial charge in [-0.05, 0) is 27.2 Å². The summed E-state index contributed by atoms with van der Waals surface area (Å²) in [5.74, 6) is 0. The number of carbonyl (C=O) groups excluding carboxylic acids is 1. The van der Waals surface area contributed by atoms with Crippen LogP contribution in [0.25, 0.3) is 0 Å². The molecule has 16 heavy (non-hydrogen) atoms. The maximum atomic E-state index is 12.4. The fourth-order valence-electron chi connectivity index (χ4n) is 1.26. The molecule has 0 amide bonds. The van der Waals surface area contributed by atoms with Crippen LogP contribution in [0.3, 0.4) is 0 Å². The van der Waals surface area contributed by atoms with Crippen molar-refractivity contribution in [2.75, 3.05) is 13.2 Å². The first-order valence-electron chi connectivity index (χ1n) is 5.23. The zero-order valence-corrected chi connectivity index (χ0v) is 10.8. The lowest BCUT2D eigenvalue weighted by molar-refractivity contribution is -0.108. The molecule has 0 rings (SSSR count). The van der Waals surface area contributed by atoms with Gasteiger partial charge in [-0.1, -0.05) is 0 Å². The minimum absolute atomic E-state index is 0.161. The number of hydrogen-bond acceptors (Lipinski definition) is 5. The molecule has 6 heteroatoms. The Balaban J connectivity index is 5.04. The summed E-state index contributed by atoms with van der Waals surface area (Å²) < 4.78 is 22.6. The lowest BCUT2D eigenvalue weighted by Crippen LogP contribution is -2.25. The Morgan fingerprint density at radius 1 is 1.38 bits per heavy atom. The molecule has 0 radical (unpaired) electrons. The molecule has 0 bridgehead atoms. The van der Waals surface area contributed by atoms with Gasteiger partial charge < -0.3 is 13.8 Å². The van der Waals surface area contributed by atoms with E-state index in [2.05, 4.69) is 0 Å². The normalized spacial score (nSPS) is 15.1. The van der Waals surface area contributed by atoms with Crippen molar-refractivity contribution in [2.24, 2.45) is 0 Å². The highest BCUT2D eigenvalue weighted by Crippen LogP contribution is 2.61. The van der Waals surface area contributed by atoms with Gasteiger partial charge in [-0.15, -0.1) is 0 Å². The van der Waals surface area contributed by atoms with Crippen LogP contribution < -0.4 is 0 Å². The molecule has 0 aliphatic rings. The summed E-state index contributed by atoms with van der Waals surface area (Å²) in [6.07, 6.45) is 1.02. The van der Waals surface area contributed by atoms with Crippen molar-refractivity contribution < 1.29 is 18.4 Å². The topological polar surface area (TPSA) is 76.4 Å². The largest absolute Gasteiger partial charge is 0.350 e. The van der Waals surface area contributed by atoms with Gasteiger partial charge in [-0.3, -0.25) is 4.57 Å². The van der Waals surface area contributed by atoms with Crippen LogP contribution in [0.1, 0.15) is 33.6 Å². The fraction of sp³-hybridized carbons (Fsp3) is 0.800. The Labute approximate surface area is 96.3 Å². The minimum Gasteiger partial charge on any atom is -0.308 e. The molecule has 92 valence electrons. The third kappa shape index (κ3) is 3.41. The van der Waals surface area contributed by atoms with Crippen molar-refractivity contribution in [1.29, 1.82) is 5.26 Å². The summed E-state index contributed by atoms with van der Waals surface area (Å²) in [5.41, 5.74) is 0. The van der Waals surface area contributed by atoms with E-state index in [1.165, 1.54) is 6.92 Å². The van der Waals surface area contributed by atoms with E-state index in [1.807, 2.05) is 6.07 Å². The second kappa shape index (κ2) is 6.80. The van der Waals surface area contributed by atoms with Gasteiger partial charge in [0.2, 0.25) is 0 Å². The first-order valence-corrected chi connectivity index (χ1v) is 6.78. The van der Waals surface area contributed by atoms with Crippen LogP contribution in [0.4, 0.5) is 0 Å². The Morgan fingerprint density at radius 2 is 1.88 bits per heavy atom. The van der Waals surface area contributed by atoms with Gasteiger partial charge in [-0.25, -0.2) is 0 Å². The Hall–Kier alpha value is -0.690. The smallest absolute Gasteiger partial charge is 0.308 e. The zero-order chi connectivity index (χ0) is 12.7. The van der Waals surface area contributed by atoms with Crippen LogP contribution in [0, 0.1) is 11.3 Å². The molecular formula is C10H18NO4P. The Morgan fingerprint density at radius 3 is 2.19 bits per heavy atom. The monoisotopic (exact) mass is 247 g/mol. The third-order valence-corrected chi connectivity index (χ3v) is 4.92. The predicted molar refractivity (Wildman–Crippen MR) is 60.2 cm³/mol. The van der Waals surface area contributed by atoms with Crippen LogP contribution >= 0.6 is 7.60 Å². The Bertz CT molecular complexity index is 302. The summed E-state index contributed by atoms with van der Waals surface area (Å²) in [4.78, 5) is 10.3. The molecule has 0 heterocycles. The summed E-state index contributed by atoms with van der Waals surface area (Å²) in [7, 11) is -3.49. The summed E-state index contributed by atoms with van der Waals surface area (Å²) >= 11 is 0. The molecule has 0 spiro atoms. The van der Waals surface area contributed by atoms with Crippen LogP contribution in [-0.2, 0) is 18.4 Å². The molecule has 0 saturated carbocycles.